The van der Waals surface area contributed by atoms with Gasteiger partial charge >= 0.3 is 0 Å². The molecule has 2 aromatic carbocycles. The van der Waals surface area contributed by atoms with Gasteiger partial charge in [-0.25, -0.2) is 14.4 Å². The van der Waals surface area contributed by atoms with E-state index in [0.717, 1.165) is 0 Å². The molecule has 0 radical (unpaired) electrons. The number of likely N-dealkylation sites (tertiary alicyclic amines) is 1. The second-order valence-electron chi connectivity index (χ2n) is 11.8. The van der Waals surface area contributed by atoms with E-state index < -0.39 is 29.4 Å². The highest BCUT2D eigenvalue weighted by atomic mass is 35.5. The molecule has 1 aromatic heterocycles. The van der Waals surface area contributed by atoms with E-state index in [1.165, 1.54) is 25.6 Å². The van der Waals surface area contributed by atoms with Crippen LogP contribution in [0.2, 0.25) is 5.02 Å². The van der Waals surface area contributed by atoms with Crippen LogP contribution >= 0.6 is 24.0 Å². The zero-order valence-corrected chi connectivity index (χ0v) is 27.2. The van der Waals surface area contributed by atoms with Crippen LogP contribution in [0, 0.1) is 11.2 Å². The molecular weight excluding hydrogens is 610 g/mol. The highest BCUT2D eigenvalue weighted by Gasteiger charge is 2.42. The fourth-order valence-corrected chi connectivity index (χ4v) is 5.32. The number of fused-ring (bicyclic) bond motifs is 1. The summed E-state index contributed by atoms with van der Waals surface area (Å²) in [6.07, 6.45) is 2.53. The number of ether oxygens (including phenoxy) is 1. The first-order chi connectivity index (χ1) is 20.3. The van der Waals surface area contributed by atoms with Crippen molar-refractivity contribution in [2.75, 3.05) is 26.0 Å². The number of nitrogens with zero attached hydrogens (tertiary/aromatic N) is 3. The molecule has 13 heteroatoms. The number of nitrogens with one attached hydrogen (secondary N) is 3. The summed E-state index contributed by atoms with van der Waals surface area (Å²) in [5.41, 5.74) is 0.724. The second-order valence-corrected chi connectivity index (χ2v) is 12.2. The van der Waals surface area contributed by atoms with E-state index in [1.807, 2.05) is 20.8 Å². The van der Waals surface area contributed by atoms with Crippen LogP contribution in [0.1, 0.15) is 46.1 Å². The maximum absolute atomic E-state index is 14.5. The van der Waals surface area contributed by atoms with Crippen molar-refractivity contribution in [1.29, 1.82) is 0 Å². The Morgan fingerprint density at radius 1 is 1.18 bits per heavy atom. The smallest absolute Gasteiger partial charge is 0.246 e. The van der Waals surface area contributed by atoms with Crippen LogP contribution in [0.5, 0.6) is 5.75 Å². The number of halogens is 3. The molecular formula is C31H39Cl2FN6O4. The number of carbonyl (C=O) groups is 3. The molecule has 3 aromatic rings. The lowest BCUT2D eigenvalue weighted by atomic mass is 9.85. The zero-order chi connectivity index (χ0) is 31.5. The average molecular weight is 650 g/mol. The number of rotatable bonds is 10. The highest BCUT2D eigenvalue weighted by Crippen LogP contribution is 2.33. The SMILES string of the molecule is CN[C@@H](C)C(=O)N[C@H](C(=O)N1CCC[C@H]1C(=O)Cc1cc2c(Nc3ccc(Cl)cc3F)ncnc2cc1OC)C(C)(C)C.Cl. The highest BCUT2D eigenvalue weighted by molar-refractivity contribution is 6.30. The number of amides is 2. The normalized spacial score (nSPS) is 16.2. The predicted molar refractivity (Wildman–Crippen MR) is 171 cm³/mol. The molecule has 44 heavy (non-hydrogen) atoms. The minimum absolute atomic E-state index is 0. The average Bonchev–Trinajstić information content (AvgIpc) is 3.46. The summed E-state index contributed by atoms with van der Waals surface area (Å²) in [7, 11) is 3.18. The van der Waals surface area contributed by atoms with Gasteiger partial charge in [0.2, 0.25) is 11.8 Å². The number of likely N-dealkylation sites (N-methyl/N-ethyl adjacent to an activating group) is 1. The fourth-order valence-electron chi connectivity index (χ4n) is 5.16. The van der Waals surface area contributed by atoms with Crippen molar-refractivity contribution < 1.29 is 23.5 Å². The predicted octanol–water partition coefficient (Wildman–Crippen LogP) is 4.84. The minimum Gasteiger partial charge on any atom is -0.496 e. The number of aromatic nitrogens is 2. The molecule has 3 N–H and O–H groups in total. The lowest BCUT2D eigenvalue weighted by Crippen LogP contribution is -2.58. The molecule has 4 rings (SSSR count). The lowest BCUT2D eigenvalue weighted by Gasteiger charge is -2.36. The molecule has 1 aliphatic rings. The van der Waals surface area contributed by atoms with Gasteiger partial charge in [-0.2, -0.15) is 0 Å². The Hall–Kier alpha value is -3.54. The van der Waals surface area contributed by atoms with Gasteiger partial charge in [0.05, 0.1) is 30.4 Å². The molecule has 1 saturated heterocycles. The molecule has 1 fully saturated rings. The van der Waals surface area contributed by atoms with Crippen LogP contribution in [0.15, 0.2) is 36.7 Å². The molecule has 10 nitrogen and oxygen atoms in total. The van der Waals surface area contributed by atoms with Gasteiger partial charge in [0.25, 0.3) is 0 Å². The Morgan fingerprint density at radius 3 is 2.55 bits per heavy atom. The number of ketones is 1. The van der Waals surface area contributed by atoms with Crippen LogP contribution < -0.4 is 20.7 Å². The number of hydrogen-bond acceptors (Lipinski definition) is 8. The first-order valence-electron chi connectivity index (χ1n) is 14.2. The van der Waals surface area contributed by atoms with Gasteiger partial charge < -0.3 is 25.6 Å². The maximum Gasteiger partial charge on any atom is 0.246 e. The first-order valence-corrected chi connectivity index (χ1v) is 14.6. The van der Waals surface area contributed by atoms with E-state index in [9.17, 15) is 18.8 Å². The summed E-state index contributed by atoms with van der Waals surface area (Å²) in [5, 5.41) is 9.60. The number of benzene rings is 2. The largest absolute Gasteiger partial charge is 0.496 e. The van der Waals surface area contributed by atoms with Gasteiger partial charge in [0, 0.05) is 35.0 Å². The number of methoxy groups -OCH3 is 1. The Balaban J connectivity index is 0.00000529. The van der Waals surface area contributed by atoms with Crippen molar-refractivity contribution in [3.8, 4) is 5.75 Å². The van der Waals surface area contributed by atoms with Gasteiger partial charge in [-0.3, -0.25) is 14.4 Å². The number of hydrogen-bond donors (Lipinski definition) is 3. The number of anilines is 2. The summed E-state index contributed by atoms with van der Waals surface area (Å²) in [6.45, 7) is 7.79. The quantitative estimate of drug-likeness (QED) is 0.285. The Bertz CT molecular complexity index is 1530. The van der Waals surface area contributed by atoms with Crippen molar-refractivity contribution in [1.82, 2.24) is 25.5 Å². The third kappa shape index (κ3) is 7.75. The third-order valence-corrected chi connectivity index (χ3v) is 7.95. The van der Waals surface area contributed by atoms with E-state index in [0.29, 0.717) is 47.4 Å². The molecule has 0 spiro atoms. The molecule has 238 valence electrons. The zero-order valence-electron chi connectivity index (χ0n) is 25.7. The summed E-state index contributed by atoms with van der Waals surface area (Å²) in [5.74, 6) is -0.459. The second kappa shape index (κ2) is 14.5. The topological polar surface area (TPSA) is 126 Å². The molecule has 2 amide bonds. The monoisotopic (exact) mass is 648 g/mol. The summed E-state index contributed by atoms with van der Waals surface area (Å²) in [6, 6.07) is 5.80. The van der Waals surface area contributed by atoms with Crippen LogP contribution in [0.3, 0.4) is 0 Å². The molecule has 1 aliphatic heterocycles. The standard InChI is InChI=1S/C31H38ClFN6O4.ClH/c1-17(34-5)29(41)38-27(31(2,3)4)30(42)39-11-7-8-24(39)25(40)13-18-12-20-23(15-26(18)43-6)35-16-36-28(20)37-22-10-9-19(32)14-21(22)33;/h9-10,12,14-17,24,27,34H,7-8,11,13H2,1-6H3,(H,38,41)(H,35,36,37);1H/t17-,24-,27+;/m0./s1. The first kappa shape index (κ1) is 34.9. The molecule has 0 bridgehead atoms. The van der Waals surface area contributed by atoms with Crippen molar-refractivity contribution in [2.45, 2.75) is 65.1 Å². The molecule has 0 saturated carbocycles. The van der Waals surface area contributed by atoms with Crippen molar-refractivity contribution >= 4 is 64.0 Å². The Morgan fingerprint density at radius 2 is 1.91 bits per heavy atom. The fraction of sp³-hybridized carbons (Fsp3) is 0.452. The molecule has 3 atom stereocenters. The van der Waals surface area contributed by atoms with Crippen LogP contribution in [0.4, 0.5) is 15.9 Å². The Kier molecular flexibility index (Phi) is 11.5. The summed E-state index contributed by atoms with van der Waals surface area (Å²) < 4.78 is 20.1. The number of carbonyl (C=O) groups excluding carboxylic acids is 3. The van der Waals surface area contributed by atoms with E-state index in [2.05, 4.69) is 25.9 Å². The van der Waals surface area contributed by atoms with Gasteiger partial charge in [-0.15, -0.1) is 12.4 Å². The Labute approximate surface area is 267 Å². The third-order valence-electron chi connectivity index (χ3n) is 7.72. The molecule has 2 heterocycles. The van der Waals surface area contributed by atoms with E-state index >= 15 is 0 Å². The van der Waals surface area contributed by atoms with Crippen molar-refractivity contribution in [2.24, 2.45) is 5.41 Å². The summed E-state index contributed by atoms with van der Waals surface area (Å²) >= 11 is 5.90. The van der Waals surface area contributed by atoms with Crippen LogP contribution in [0.25, 0.3) is 10.9 Å². The van der Waals surface area contributed by atoms with Crippen LogP contribution in [-0.2, 0) is 20.8 Å². The van der Waals surface area contributed by atoms with E-state index in [-0.39, 0.29) is 47.1 Å². The van der Waals surface area contributed by atoms with Gasteiger partial charge in [-0.05, 0) is 56.5 Å². The maximum atomic E-state index is 14.5. The van der Waals surface area contributed by atoms with Gasteiger partial charge in [0.1, 0.15) is 29.8 Å². The lowest BCUT2D eigenvalue weighted by molar-refractivity contribution is -0.143. The van der Waals surface area contributed by atoms with E-state index in [1.54, 1.807) is 37.1 Å². The summed E-state index contributed by atoms with van der Waals surface area (Å²) in [4.78, 5) is 50.5. The minimum atomic E-state index is -0.807. The molecule has 0 unspecified atom stereocenters. The number of Topliss-reactive ketones (excluding diaryl/α,β-unsaturated/α-hetero) is 1. The van der Waals surface area contributed by atoms with E-state index in [4.69, 9.17) is 16.3 Å². The molecule has 0 aliphatic carbocycles. The van der Waals surface area contributed by atoms with Crippen LogP contribution in [-0.4, -0.2) is 71.3 Å². The van der Waals surface area contributed by atoms with Crippen molar-refractivity contribution in [3.05, 3.63) is 53.1 Å². The van der Waals surface area contributed by atoms with Gasteiger partial charge in [-0.1, -0.05) is 32.4 Å². The van der Waals surface area contributed by atoms with Gasteiger partial charge in [0.15, 0.2) is 5.78 Å². The van der Waals surface area contributed by atoms with Crippen molar-refractivity contribution in [3.63, 3.8) is 0 Å².